The lowest BCUT2D eigenvalue weighted by atomic mass is 10.1. The van der Waals surface area contributed by atoms with Crippen LogP contribution in [0.3, 0.4) is 0 Å². The summed E-state index contributed by atoms with van der Waals surface area (Å²) in [5.74, 6) is -0.985. The lowest BCUT2D eigenvalue weighted by molar-refractivity contribution is -0.114. The zero-order valence-corrected chi connectivity index (χ0v) is 13.6. The van der Waals surface area contributed by atoms with E-state index < -0.39 is 11.7 Å². The average molecular weight is 350 g/mol. The topological polar surface area (TPSA) is 64.4 Å². The molecule has 21 heavy (non-hydrogen) atoms. The van der Waals surface area contributed by atoms with Crippen molar-refractivity contribution in [1.29, 1.82) is 5.26 Å². The van der Waals surface area contributed by atoms with E-state index in [9.17, 15) is 9.59 Å². The Morgan fingerprint density at radius 2 is 2.10 bits per heavy atom. The SMILES string of the molecule is CC(C)N(CCC#N)CN1C(=O)C(=O)c2cc(Br)ccc21. The molecule has 0 fully saturated rings. The van der Waals surface area contributed by atoms with Crippen LogP contribution >= 0.6 is 15.9 Å². The number of carbonyl (C=O) groups excluding carboxylic acids is 2. The molecular formula is C15H16BrN3O2. The van der Waals surface area contributed by atoms with Crippen molar-refractivity contribution < 1.29 is 9.59 Å². The number of carbonyl (C=O) groups is 2. The van der Waals surface area contributed by atoms with E-state index in [-0.39, 0.29) is 6.04 Å². The first-order valence-electron chi connectivity index (χ1n) is 6.72. The molecular weight excluding hydrogens is 334 g/mol. The number of ketones is 1. The van der Waals surface area contributed by atoms with E-state index >= 15 is 0 Å². The molecule has 0 atom stereocenters. The summed E-state index contributed by atoms with van der Waals surface area (Å²) in [6, 6.07) is 7.54. The van der Waals surface area contributed by atoms with E-state index in [0.29, 0.717) is 30.9 Å². The maximum Gasteiger partial charge on any atom is 0.300 e. The minimum atomic E-state index is -0.509. The molecule has 0 saturated carbocycles. The predicted molar refractivity (Wildman–Crippen MR) is 82.9 cm³/mol. The Morgan fingerprint density at radius 3 is 2.71 bits per heavy atom. The number of hydrogen-bond donors (Lipinski definition) is 0. The van der Waals surface area contributed by atoms with Gasteiger partial charge in [-0.25, -0.2) is 0 Å². The van der Waals surface area contributed by atoms with Crippen molar-refractivity contribution in [2.75, 3.05) is 18.1 Å². The van der Waals surface area contributed by atoms with E-state index in [1.165, 1.54) is 4.90 Å². The quantitative estimate of drug-likeness (QED) is 0.766. The van der Waals surface area contributed by atoms with Crippen LogP contribution in [0, 0.1) is 11.3 Å². The van der Waals surface area contributed by atoms with Gasteiger partial charge in [-0.2, -0.15) is 5.26 Å². The van der Waals surface area contributed by atoms with Crippen molar-refractivity contribution >= 4 is 33.3 Å². The van der Waals surface area contributed by atoms with Crippen LogP contribution in [0.4, 0.5) is 5.69 Å². The Morgan fingerprint density at radius 1 is 1.38 bits per heavy atom. The standard InChI is InChI=1S/C15H16BrN3O2/c1-10(2)18(7-3-6-17)9-19-13-5-4-11(16)8-12(13)14(20)15(19)21/h4-5,8,10H,3,7,9H2,1-2H3. The van der Waals surface area contributed by atoms with Gasteiger partial charge in [0.15, 0.2) is 0 Å². The second-order valence-electron chi connectivity index (χ2n) is 5.18. The third-order valence-electron chi connectivity index (χ3n) is 3.50. The number of nitriles is 1. The van der Waals surface area contributed by atoms with Gasteiger partial charge >= 0.3 is 5.91 Å². The first-order valence-corrected chi connectivity index (χ1v) is 7.51. The molecule has 6 heteroatoms. The van der Waals surface area contributed by atoms with Crippen LogP contribution in [0.25, 0.3) is 0 Å². The summed E-state index contributed by atoms with van der Waals surface area (Å²) in [5, 5.41) is 8.72. The van der Waals surface area contributed by atoms with Crippen LogP contribution in [-0.2, 0) is 4.79 Å². The maximum atomic E-state index is 12.2. The summed E-state index contributed by atoms with van der Waals surface area (Å²) in [6.07, 6.45) is 0.390. The molecule has 1 aliphatic heterocycles. The normalized spacial score (nSPS) is 14.0. The van der Waals surface area contributed by atoms with Crippen LogP contribution in [0.5, 0.6) is 0 Å². The summed E-state index contributed by atoms with van der Waals surface area (Å²) in [6.45, 7) is 4.89. The molecule has 2 rings (SSSR count). The fraction of sp³-hybridized carbons (Fsp3) is 0.400. The molecule has 0 N–H and O–H groups in total. The van der Waals surface area contributed by atoms with E-state index in [1.807, 2.05) is 24.8 Å². The van der Waals surface area contributed by atoms with Crippen molar-refractivity contribution in [3.05, 3.63) is 28.2 Å². The number of Topliss-reactive ketones (excluding diaryl/α,β-unsaturated/α-hetero) is 1. The van der Waals surface area contributed by atoms with E-state index in [1.54, 1.807) is 12.1 Å². The summed E-state index contributed by atoms with van der Waals surface area (Å²) in [4.78, 5) is 27.7. The average Bonchev–Trinajstić information content (AvgIpc) is 2.67. The third-order valence-corrected chi connectivity index (χ3v) is 3.99. The number of hydrogen-bond acceptors (Lipinski definition) is 4. The predicted octanol–water partition coefficient (Wildman–Crippen LogP) is 2.56. The highest BCUT2D eigenvalue weighted by molar-refractivity contribution is 9.10. The van der Waals surface area contributed by atoms with Crippen molar-refractivity contribution in [2.45, 2.75) is 26.3 Å². The molecule has 1 amide bonds. The summed E-state index contributed by atoms with van der Waals surface area (Å²) < 4.78 is 0.773. The Balaban J connectivity index is 2.26. The molecule has 5 nitrogen and oxygen atoms in total. The minimum Gasteiger partial charge on any atom is -0.291 e. The van der Waals surface area contributed by atoms with Crippen molar-refractivity contribution in [1.82, 2.24) is 4.90 Å². The second-order valence-corrected chi connectivity index (χ2v) is 6.10. The number of halogens is 1. The van der Waals surface area contributed by atoms with Crippen molar-refractivity contribution in [3.63, 3.8) is 0 Å². The lowest BCUT2D eigenvalue weighted by Crippen LogP contribution is -2.44. The van der Waals surface area contributed by atoms with Crippen LogP contribution < -0.4 is 4.90 Å². The molecule has 110 valence electrons. The summed E-state index contributed by atoms with van der Waals surface area (Å²) >= 11 is 3.31. The van der Waals surface area contributed by atoms with Gasteiger partial charge in [0, 0.05) is 23.5 Å². The van der Waals surface area contributed by atoms with Gasteiger partial charge in [-0.05, 0) is 32.0 Å². The van der Waals surface area contributed by atoms with Gasteiger partial charge in [0.2, 0.25) is 0 Å². The second kappa shape index (κ2) is 6.37. The van der Waals surface area contributed by atoms with Gasteiger partial charge < -0.3 is 0 Å². The monoisotopic (exact) mass is 349 g/mol. The number of rotatable bonds is 5. The highest BCUT2D eigenvalue weighted by Crippen LogP contribution is 2.31. The third kappa shape index (κ3) is 3.14. The number of benzene rings is 1. The highest BCUT2D eigenvalue weighted by Gasteiger charge is 2.36. The fourth-order valence-electron chi connectivity index (χ4n) is 2.28. The van der Waals surface area contributed by atoms with E-state index in [4.69, 9.17) is 5.26 Å². The first-order chi connectivity index (χ1) is 9.95. The molecule has 0 aliphatic carbocycles. The molecule has 0 unspecified atom stereocenters. The number of amides is 1. The molecule has 1 heterocycles. The van der Waals surface area contributed by atoms with Crippen LogP contribution in [-0.4, -0.2) is 35.8 Å². The molecule has 1 aromatic carbocycles. The van der Waals surface area contributed by atoms with Gasteiger partial charge in [-0.3, -0.25) is 19.4 Å². The van der Waals surface area contributed by atoms with Gasteiger partial charge in [0.05, 0.1) is 24.0 Å². The zero-order valence-electron chi connectivity index (χ0n) is 12.0. The Hall–Kier alpha value is -1.71. The molecule has 0 radical (unpaired) electrons. The Bertz CT molecular complexity index is 622. The number of anilines is 1. The lowest BCUT2D eigenvalue weighted by Gasteiger charge is -2.30. The van der Waals surface area contributed by atoms with Crippen LogP contribution in [0.15, 0.2) is 22.7 Å². The van der Waals surface area contributed by atoms with Crippen molar-refractivity contribution in [3.8, 4) is 6.07 Å². The largest absolute Gasteiger partial charge is 0.300 e. The Kier molecular flexibility index (Phi) is 4.76. The Labute approximate surface area is 132 Å². The summed E-state index contributed by atoms with van der Waals surface area (Å²) in [5.41, 5.74) is 1.06. The first kappa shape index (κ1) is 15.7. The van der Waals surface area contributed by atoms with E-state index in [2.05, 4.69) is 22.0 Å². The highest BCUT2D eigenvalue weighted by atomic mass is 79.9. The van der Waals surface area contributed by atoms with Crippen molar-refractivity contribution in [2.24, 2.45) is 0 Å². The summed E-state index contributed by atoms with van der Waals surface area (Å²) in [7, 11) is 0. The molecule has 1 aliphatic rings. The smallest absolute Gasteiger partial charge is 0.291 e. The van der Waals surface area contributed by atoms with Gasteiger partial charge in [0.25, 0.3) is 5.78 Å². The molecule has 0 aromatic heterocycles. The molecule has 0 bridgehead atoms. The fourth-order valence-corrected chi connectivity index (χ4v) is 2.64. The van der Waals surface area contributed by atoms with Crippen LogP contribution in [0.2, 0.25) is 0 Å². The number of fused-ring (bicyclic) bond motifs is 1. The zero-order chi connectivity index (χ0) is 15.6. The van der Waals surface area contributed by atoms with Crippen LogP contribution in [0.1, 0.15) is 30.6 Å². The van der Waals surface area contributed by atoms with Gasteiger partial charge in [-0.15, -0.1) is 0 Å². The number of nitrogens with zero attached hydrogens (tertiary/aromatic N) is 3. The van der Waals surface area contributed by atoms with Gasteiger partial charge in [0.1, 0.15) is 0 Å². The minimum absolute atomic E-state index is 0.181. The molecule has 0 spiro atoms. The van der Waals surface area contributed by atoms with Gasteiger partial charge in [-0.1, -0.05) is 15.9 Å². The van der Waals surface area contributed by atoms with E-state index in [0.717, 1.165) is 4.47 Å². The maximum absolute atomic E-state index is 12.2. The molecule has 1 aromatic rings. The molecule has 0 saturated heterocycles.